The van der Waals surface area contributed by atoms with Gasteiger partial charge < -0.3 is 0 Å². The van der Waals surface area contributed by atoms with Gasteiger partial charge in [-0.2, -0.15) is 11.8 Å². The third kappa shape index (κ3) is 196. The first-order chi connectivity index (χ1) is 1.41. The Bertz CT molecular complexity index is 3.61. The zero-order valence-corrected chi connectivity index (χ0v) is 3.22. The Morgan fingerprint density at radius 1 is 1.00 bits per heavy atom. The van der Waals surface area contributed by atoms with E-state index < -0.39 is 0 Å². The van der Waals surface area contributed by atoms with E-state index in [-0.39, 0.29) is 14.9 Å². The lowest BCUT2D eigenvalue weighted by atomic mass is 11.9. The average Bonchev–Trinajstić information content (AvgIpc) is 0.918. The van der Waals surface area contributed by atoms with Crippen LogP contribution < -0.4 is 0 Å². The van der Waals surface area contributed by atoms with Gasteiger partial charge in [0.1, 0.15) is 0 Å². The first kappa shape index (κ1) is 18.3. The molecule has 0 saturated carbocycles. The lowest BCUT2D eigenvalue weighted by Gasteiger charge is -1.51. The van der Waals surface area contributed by atoms with Crippen LogP contribution in [0.3, 0.4) is 0 Å². The van der Waals surface area contributed by atoms with Gasteiger partial charge in [0, 0.05) is 0 Å². The van der Waals surface area contributed by atoms with Crippen molar-refractivity contribution in [3.63, 3.8) is 0 Å². The van der Waals surface area contributed by atoms with Crippen molar-refractivity contribution in [2.45, 2.75) is 14.9 Å². The van der Waals surface area contributed by atoms with Gasteiger partial charge in [0.15, 0.2) is 0 Å². The van der Waals surface area contributed by atoms with E-state index in [1.807, 2.05) is 12.5 Å². The molecule has 0 fully saturated rings. The molecular formula is C4H14S. The van der Waals surface area contributed by atoms with Gasteiger partial charge in [-0.15, -0.1) is 0 Å². The van der Waals surface area contributed by atoms with E-state index in [1.54, 1.807) is 11.8 Å². The SMILES string of the molecule is C.C.CSC. The van der Waals surface area contributed by atoms with Crippen molar-refractivity contribution in [3.8, 4) is 0 Å². The number of hydrogen-bond donors (Lipinski definition) is 0. The molecule has 0 atom stereocenters. The topological polar surface area (TPSA) is 0 Å². The fourth-order valence-electron chi connectivity index (χ4n) is 0. The minimum absolute atomic E-state index is 0. The van der Waals surface area contributed by atoms with Crippen LogP contribution in [0, 0.1) is 0 Å². The van der Waals surface area contributed by atoms with Crippen LogP contribution in [0.4, 0.5) is 0 Å². The van der Waals surface area contributed by atoms with E-state index in [9.17, 15) is 0 Å². The van der Waals surface area contributed by atoms with E-state index in [4.69, 9.17) is 0 Å². The molecule has 0 bridgehead atoms. The molecule has 0 saturated heterocycles. The molecule has 1 heteroatoms. The molecule has 0 aliphatic carbocycles. The summed E-state index contributed by atoms with van der Waals surface area (Å²) in [6.45, 7) is 0. The van der Waals surface area contributed by atoms with Crippen molar-refractivity contribution >= 4 is 11.8 Å². The summed E-state index contributed by atoms with van der Waals surface area (Å²) in [5.74, 6) is 0. The second kappa shape index (κ2) is 26.8. The smallest absolute Gasteiger partial charge is 0.0187 e. The Morgan fingerprint density at radius 3 is 1.00 bits per heavy atom. The highest BCUT2D eigenvalue weighted by atomic mass is 32.2. The molecule has 0 aromatic heterocycles. The first-order valence-corrected chi connectivity index (χ1v) is 2.45. The summed E-state index contributed by atoms with van der Waals surface area (Å²) in [7, 11) is 0. The van der Waals surface area contributed by atoms with Gasteiger partial charge in [0.25, 0.3) is 0 Å². The summed E-state index contributed by atoms with van der Waals surface area (Å²) >= 11 is 1.75. The van der Waals surface area contributed by atoms with E-state index in [2.05, 4.69) is 0 Å². The normalized spacial score (nSPS) is 3.60. The third-order valence-electron chi connectivity index (χ3n) is 0. The summed E-state index contributed by atoms with van der Waals surface area (Å²) < 4.78 is 0. The quantitative estimate of drug-likeness (QED) is 0.443. The zero-order valence-electron chi connectivity index (χ0n) is 2.41. The average molecular weight is 94.2 g/mol. The lowest BCUT2D eigenvalue weighted by molar-refractivity contribution is 2.37. The summed E-state index contributed by atoms with van der Waals surface area (Å²) in [5, 5.41) is 0. The van der Waals surface area contributed by atoms with Crippen LogP contribution in [-0.2, 0) is 0 Å². The maximum absolute atomic E-state index is 2.04. The van der Waals surface area contributed by atoms with Crippen LogP contribution in [0.1, 0.15) is 14.9 Å². The van der Waals surface area contributed by atoms with Crippen molar-refractivity contribution in [1.29, 1.82) is 0 Å². The Balaban J connectivity index is -0.0000000200. The van der Waals surface area contributed by atoms with Crippen LogP contribution in [0.25, 0.3) is 0 Å². The molecule has 0 spiro atoms. The second-order valence-electron chi connectivity index (χ2n) is 0.408. The van der Waals surface area contributed by atoms with E-state index in [1.165, 1.54) is 0 Å². The molecule has 0 unspecified atom stereocenters. The minimum Gasteiger partial charge on any atom is -0.169 e. The van der Waals surface area contributed by atoms with Crippen molar-refractivity contribution < 1.29 is 0 Å². The second-order valence-corrected chi connectivity index (χ2v) is 1.22. The van der Waals surface area contributed by atoms with Gasteiger partial charge in [0.05, 0.1) is 0 Å². The molecule has 0 aliphatic rings. The van der Waals surface area contributed by atoms with Gasteiger partial charge >= 0.3 is 0 Å². The monoisotopic (exact) mass is 94.1 g/mol. The molecule has 0 aromatic carbocycles. The number of hydrogen-bond acceptors (Lipinski definition) is 1. The third-order valence-corrected chi connectivity index (χ3v) is 0. The fourth-order valence-corrected chi connectivity index (χ4v) is 0. The molecule has 0 radical (unpaired) electrons. The van der Waals surface area contributed by atoms with Crippen LogP contribution in [-0.4, -0.2) is 12.5 Å². The Labute approximate surface area is 40.0 Å². The molecule has 0 aromatic rings. The lowest BCUT2D eigenvalue weighted by Crippen LogP contribution is -1.25. The molecular weight excluding hydrogens is 80.1 g/mol. The molecule has 0 heterocycles. The maximum Gasteiger partial charge on any atom is -0.0187 e. The molecule has 0 rings (SSSR count). The predicted octanol–water partition coefficient (Wildman–Crippen LogP) is 2.25. The zero-order chi connectivity index (χ0) is 2.71. The van der Waals surface area contributed by atoms with E-state index in [0.29, 0.717) is 0 Å². The standard InChI is InChI=1S/C2H6S.2CH4/c1-3-2;;/h1-2H3;2*1H4. The van der Waals surface area contributed by atoms with Crippen molar-refractivity contribution in [1.82, 2.24) is 0 Å². The first-order valence-electron chi connectivity index (χ1n) is 0.816. The molecule has 0 N–H and O–H groups in total. The van der Waals surface area contributed by atoms with Crippen LogP contribution in [0.2, 0.25) is 0 Å². The Hall–Kier alpha value is 0.350. The predicted molar refractivity (Wildman–Crippen MR) is 32.9 cm³/mol. The van der Waals surface area contributed by atoms with Crippen LogP contribution in [0.15, 0.2) is 0 Å². The van der Waals surface area contributed by atoms with Gasteiger partial charge in [0.2, 0.25) is 0 Å². The highest BCUT2D eigenvalue weighted by molar-refractivity contribution is 7.97. The number of rotatable bonds is 0. The van der Waals surface area contributed by atoms with Crippen LogP contribution in [0.5, 0.6) is 0 Å². The molecule has 0 nitrogen and oxygen atoms in total. The summed E-state index contributed by atoms with van der Waals surface area (Å²) in [6.07, 6.45) is 4.08. The van der Waals surface area contributed by atoms with Gasteiger partial charge in [-0.25, -0.2) is 0 Å². The van der Waals surface area contributed by atoms with E-state index >= 15 is 0 Å². The summed E-state index contributed by atoms with van der Waals surface area (Å²) in [6, 6.07) is 0. The summed E-state index contributed by atoms with van der Waals surface area (Å²) in [4.78, 5) is 0. The Kier molecular flexibility index (Phi) is 98.2. The maximum atomic E-state index is 2.04. The minimum atomic E-state index is 0. The van der Waals surface area contributed by atoms with Crippen LogP contribution >= 0.6 is 11.8 Å². The van der Waals surface area contributed by atoms with Gasteiger partial charge in [-0.1, -0.05) is 14.9 Å². The van der Waals surface area contributed by atoms with Crippen molar-refractivity contribution in [3.05, 3.63) is 0 Å². The molecule has 36 valence electrons. The summed E-state index contributed by atoms with van der Waals surface area (Å²) in [5.41, 5.74) is 0. The van der Waals surface area contributed by atoms with E-state index in [0.717, 1.165) is 0 Å². The van der Waals surface area contributed by atoms with Crippen molar-refractivity contribution in [2.24, 2.45) is 0 Å². The molecule has 0 amide bonds. The van der Waals surface area contributed by atoms with Gasteiger partial charge in [-0.3, -0.25) is 0 Å². The highest BCUT2D eigenvalue weighted by Crippen LogP contribution is 1.70. The number of thioether (sulfide) groups is 1. The highest BCUT2D eigenvalue weighted by Gasteiger charge is 1.32. The largest absolute Gasteiger partial charge is 0.169 e. The van der Waals surface area contributed by atoms with Crippen molar-refractivity contribution in [2.75, 3.05) is 12.5 Å². The molecule has 5 heavy (non-hydrogen) atoms. The Morgan fingerprint density at radius 2 is 1.00 bits per heavy atom. The van der Waals surface area contributed by atoms with Gasteiger partial charge in [-0.05, 0) is 12.5 Å². The molecule has 0 aliphatic heterocycles. The fraction of sp³-hybridized carbons (Fsp3) is 1.00.